The molecule has 0 aliphatic carbocycles. The first-order chi connectivity index (χ1) is 15.7. The van der Waals surface area contributed by atoms with Gasteiger partial charge in [0.15, 0.2) is 0 Å². The topological polar surface area (TPSA) is 64.7 Å². The number of benzene rings is 2. The summed E-state index contributed by atoms with van der Waals surface area (Å²) in [5.41, 5.74) is 3.74. The summed E-state index contributed by atoms with van der Waals surface area (Å²) in [7, 11) is 0. The lowest BCUT2D eigenvalue weighted by atomic mass is 10.1. The fraction of sp³-hybridized carbons (Fsp3) is 0.208. The number of rotatable bonds is 6. The van der Waals surface area contributed by atoms with Gasteiger partial charge < -0.3 is 5.32 Å². The van der Waals surface area contributed by atoms with Gasteiger partial charge in [-0.15, -0.1) is 0 Å². The summed E-state index contributed by atoms with van der Waals surface area (Å²) in [6.45, 7) is 4.71. The minimum atomic E-state index is -4.40. The Hall–Kier alpha value is -3.88. The zero-order valence-corrected chi connectivity index (χ0v) is 18.1. The summed E-state index contributed by atoms with van der Waals surface area (Å²) >= 11 is 0. The molecule has 0 aliphatic rings. The number of aryl methyl sites for hydroxylation is 2. The second-order valence-electron chi connectivity index (χ2n) is 7.86. The van der Waals surface area contributed by atoms with Crippen molar-refractivity contribution in [2.45, 2.75) is 33.1 Å². The highest BCUT2D eigenvalue weighted by atomic mass is 19.4. The van der Waals surface area contributed by atoms with E-state index >= 15 is 0 Å². The highest BCUT2D eigenvalue weighted by Crippen LogP contribution is 2.29. The lowest BCUT2D eigenvalue weighted by Gasteiger charge is -2.08. The first kappa shape index (κ1) is 22.3. The number of anilines is 1. The molecule has 0 spiro atoms. The van der Waals surface area contributed by atoms with Crippen LogP contribution in [0.5, 0.6) is 0 Å². The number of aromatic nitrogens is 4. The molecule has 2 aromatic carbocycles. The Morgan fingerprint density at radius 3 is 2.42 bits per heavy atom. The van der Waals surface area contributed by atoms with Crippen LogP contribution >= 0.6 is 0 Å². The molecule has 0 saturated heterocycles. The van der Waals surface area contributed by atoms with Gasteiger partial charge in [0.05, 0.1) is 36.2 Å². The van der Waals surface area contributed by atoms with Gasteiger partial charge in [-0.3, -0.25) is 14.2 Å². The molecular weight excluding hydrogens is 431 g/mol. The Labute approximate surface area is 188 Å². The third kappa shape index (κ3) is 5.49. The van der Waals surface area contributed by atoms with E-state index in [0.29, 0.717) is 23.4 Å². The van der Waals surface area contributed by atoms with Gasteiger partial charge in [0.25, 0.3) is 5.91 Å². The standard InChI is InChI=1S/C24H22F3N5O/c1-16-10-17(2)32(30-16)14-18-6-8-20(9-7-18)23(33)29-22-12-28-31(15-22)13-19-4-3-5-21(11-19)24(25,26)27/h3-12,15H,13-14H2,1-2H3,(H,29,33). The molecule has 0 radical (unpaired) electrons. The quantitative estimate of drug-likeness (QED) is 0.444. The number of alkyl halides is 3. The summed E-state index contributed by atoms with van der Waals surface area (Å²) in [5.74, 6) is -0.300. The molecule has 2 heterocycles. The molecule has 1 amide bonds. The lowest BCUT2D eigenvalue weighted by molar-refractivity contribution is -0.137. The fourth-order valence-electron chi connectivity index (χ4n) is 3.52. The number of hydrogen-bond acceptors (Lipinski definition) is 3. The smallest absolute Gasteiger partial charge is 0.319 e. The van der Waals surface area contributed by atoms with Crippen LogP contribution in [0.4, 0.5) is 18.9 Å². The zero-order valence-electron chi connectivity index (χ0n) is 18.1. The van der Waals surface area contributed by atoms with E-state index in [-0.39, 0.29) is 12.5 Å². The molecule has 170 valence electrons. The van der Waals surface area contributed by atoms with Gasteiger partial charge in [-0.1, -0.05) is 24.3 Å². The SMILES string of the molecule is Cc1cc(C)n(Cc2ccc(C(=O)Nc3cnn(Cc4cccc(C(F)(F)F)c4)c3)cc2)n1. The first-order valence-corrected chi connectivity index (χ1v) is 10.3. The predicted molar refractivity (Wildman–Crippen MR) is 118 cm³/mol. The molecule has 9 heteroatoms. The van der Waals surface area contributed by atoms with Gasteiger partial charge >= 0.3 is 6.18 Å². The maximum atomic E-state index is 12.9. The van der Waals surface area contributed by atoms with Crippen molar-refractivity contribution in [3.05, 3.63) is 101 Å². The molecular formula is C24H22F3N5O. The van der Waals surface area contributed by atoms with E-state index in [1.165, 1.54) is 16.9 Å². The Balaban J connectivity index is 1.38. The summed E-state index contributed by atoms with van der Waals surface area (Å²) in [5, 5.41) is 11.3. The van der Waals surface area contributed by atoms with Crippen molar-refractivity contribution < 1.29 is 18.0 Å². The predicted octanol–water partition coefficient (Wildman–Crippen LogP) is 5.06. The number of halogens is 3. The van der Waals surface area contributed by atoms with Crippen LogP contribution in [-0.4, -0.2) is 25.5 Å². The van der Waals surface area contributed by atoms with E-state index in [1.54, 1.807) is 24.4 Å². The molecule has 0 fully saturated rings. The van der Waals surface area contributed by atoms with Crippen LogP contribution in [0, 0.1) is 13.8 Å². The monoisotopic (exact) mass is 453 g/mol. The maximum Gasteiger partial charge on any atom is 0.416 e. The molecule has 0 saturated carbocycles. The Morgan fingerprint density at radius 2 is 1.76 bits per heavy atom. The lowest BCUT2D eigenvalue weighted by Crippen LogP contribution is -2.12. The Kier molecular flexibility index (Phi) is 6.04. The van der Waals surface area contributed by atoms with Crippen molar-refractivity contribution in [2.24, 2.45) is 0 Å². The normalized spacial score (nSPS) is 11.5. The van der Waals surface area contributed by atoms with Crippen molar-refractivity contribution in [1.29, 1.82) is 0 Å². The molecule has 0 atom stereocenters. The van der Waals surface area contributed by atoms with Gasteiger partial charge in [0, 0.05) is 17.5 Å². The number of carbonyl (C=O) groups excluding carboxylic acids is 1. The third-order valence-electron chi connectivity index (χ3n) is 5.14. The highest BCUT2D eigenvalue weighted by Gasteiger charge is 2.30. The Bertz CT molecular complexity index is 1270. The molecule has 0 aliphatic heterocycles. The maximum absolute atomic E-state index is 12.9. The second kappa shape index (κ2) is 8.93. The summed E-state index contributed by atoms with van der Waals surface area (Å²) in [4.78, 5) is 12.6. The number of amides is 1. The molecule has 33 heavy (non-hydrogen) atoms. The average Bonchev–Trinajstić information content (AvgIpc) is 3.33. The number of nitrogens with zero attached hydrogens (tertiary/aromatic N) is 4. The average molecular weight is 453 g/mol. The van der Waals surface area contributed by atoms with E-state index in [2.05, 4.69) is 15.5 Å². The van der Waals surface area contributed by atoms with Crippen molar-refractivity contribution >= 4 is 11.6 Å². The zero-order chi connectivity index (χ0) is 23.6. The molecule has 4 aromatic rings. The van der Waals surface area contributed by atoms with Gasteiger partial charge in [0.1, 0.15) is 0 Å². The van der Waals surface area contributed by atoms with Gasteiger partial charge in [0.2, 0.25) is 0 Å². The summed E-state index contributed by atoms with van der Waals surface area (Å²) < 4.78 is 42.1. The number of carbonyl (C=O) groups is 1. The first-order valence-electron chi connectivity index (χ1n) is 10.3. The minimum Gasteiger partial charge on any atom is -0.319 e. The van der Waals surface area contributed by atoms with Crippen LogP contribution < -0.4 is 5.32 Å². The molecule has 1 N–H and O–H groups in total. The van der Waals surface area contributed by atoms with Crippen LogP contribution in [0.2, 0.25) is 0 Å². The molecule has 0 bridgehead atoms. The van der Waals surface area contributed by atoms with Crippen LogP contribution in [-0.2, 0) is 19.3 Å². The van der Waals surface area contributed by atoms with E-state index in [0.717, 1.165) is 29.1 Å². The molecule has 4 rings (SSSR count). The van der Waals surface area contributed by atoms with E-state index in [4.69, 9.17) is 0 Å². The van der Waals surface area contributed by atoms with Crippen molar-refractivity contribution in [2.75, 3.05) is 5.32 Å². The second-order valence-corrected chi connectivity index (χ2v) is 7.86. The number of hydrogen-bond donors (Lipinski definition) is 1. The van der Waals surface area contributed by atoms with Gasteiger partial charge in [-0.25, -0.2) is 0 Å². The van der Waals surface area contributed by atoms with Crippen molar-refractivity contribution in [3.8, 4) is 0 Å². The van der Waals surface area contributed by atoms with Crippen LogP contribution in [0.25, 0.3) is 0 Å². The Morgan fingerprint density at radius 1 is 1.00 bits per heavy atom. The third-order valence-corrected chi connectivity index (χ3v) is 5.14. The largest absolute Gasteiger partial charge is 0.416 e. The highest BCUT2D eigenvalue weighted by molar-refractivity contribution is 6.04. The molecule has 6 nitrogen and oxygen atoms in total. The van der Waals surface area contributed by atoms with Gasteiger partial charge in [-0.05, 0) is 55.3 Å². The van der Waals surface area contributed by atoms with Crippen molar-refractivity contribution in [3.63, 3.8) is 0 Å². The molecule has 0 unspecified atom stereocenters. The van der Waals surface area contributed by atoms with Crippen LogP contribution in [0.3, 0.4) is 0 Å². The summed E-state index contributed by atoms with van der Waals surface area (Å²) in [6, 6.07) is 14.3. The van der Waals surface area contributed by atoms with E-state index in [1.807, 2.05) is 36.7 Å². The van der Waals surface area contributed by atoms with Crippen LogP contribution in [0.15, 0.2) is 67.0 Å². The number of nitrogens with one attached hydrogen (secondary N) is 1. The molecule has 2 aromatic heterocycles. The summed E-state index contributed by atoms with van der Waals surface area (Å²) in [6.07, 6.45) is -1.36. The van der Waals surface area contributed by atoms with Crippen LogP contribution in [0.1, 0.15) is 38.4 Å². The fourth-order valence-corrected chi connectivity index (χ4v) is 3.52. The minimum absolute atomic E-state index is 0.154. The van der Waals surface area contributed by atoms with Crippen molar-refractivity contribution in [1.82, 2.24) is 19.6 Å². The van der Waals surface area contributed by atoms with E-state index in [9.17, 15) is 18.0 Å². The van der Waals surface area contributed by atoms with Gasteiger partial charge in [-0.2, -0.15) is 23.4 Å². The van der Waals surface area contributed by atoms with E-state index < -0.39 is 11.7 Å².